The van der Waals surface area contributed by atoms with Crippen LogP contribution in [0.3, 0.4) is 0 Å². The zero-order valence-electron chi connectivity index (χ0n) is 15.5. The van der Waals surface area contributed by atoms with E-state index in [4.69, 9.17) is 0 Å². The molecule has 0 amide bonds. The Balaban J connectivity index is 1.64. The second kappa shape index (κ2) is 9.03. The van der Waals surface area contributed by atoms with Crippen LogP contribution in [-0.4, -0.2) is 12.9 Å². The van der Waals surface area contributed by atoms with Crippen molar-refractivity contribution in [3.05, 3.63) is 30.3 Å². The molecule has 1 aromatic carbocycles. The molecule has 0 unspecified atom stereocenters. The number of rotatable bonds is 6. The zero-order valence-corrected chi connectivity index (χ0v) is 18.1. The van der Waals surface area contributed by atoms with Gasteiger partial charge in [0.25, 0.3) is 0 Å². The van der Waals surface area contributed by atoms with Gasteiger partial charge in [-0.15, -0.1) is 0 Å². The van der Waals surface area contributed by atoms with Gasteiger partial charge in [0.2, 0.25) is 0 Å². The summed E-state index contributed by atoms with van der Waals surface area (Å²) in [6.45, 7) is 2.34. The lowest BCUT2D eigenvalue weighted by Crippen LogP contribution is -2.50. The van der Waals surface area contributed by atoms with Crippen molar-refractivity contribution >= 4 is 29.2 Å². The first-order chi connectivity index (χ1) is 11.7. The molecule has 0 spiro atoms. The Morgan fingerprint density at radius 2 is 1.50 bits per heavy atom. The predicted octanol–water partition coefficient (Wildman–Crippen LogP) is 6.90. The molecule has 1 aliphatic carbocycles. The average Bonchev–Trinajstić information content (AvgIpc) is 2.64. The molecule has 0 bridgehead atoms. The van der Waals surface area contributed by atoms with Gasteiger partial charge in [-0.25, -0.2) is 0 Å². The van der Waals surface area contributed by atoms with E-state index in [1.54, 1.807) is 23.3 Å². The Morgan fingerprint density at radius 3 is 2.12 bits per heavy atom. The Kier molecular flexibility index (Phi) is 7.04. The molecule has 1 heterocycles. The molecule has 0 radical (unpaired) electrons. The third-order valence-electron chi connectivity index (χ3n) is 7.00. The maximum Gasteiger partial charge on any atom is 0.0867 e. The smallest absolute Gasteiger partial charge is 0.0867 e. The van der Waals surface area contributed by atoms with Crippen LogP contribution < -0.4 is 5.19 Å². The van der Waals surface area contributed by atoms with Crippen molar-refractivity contribution in [2.24, 2.45) is 11.8 Å². The first-order valence-electron chi connectivity index (χ1n) is 10.4. The van der Waals surface area contributed by atoms with Gasteiger partial charge >= 0.3 is 0 Å². The quantitative estimate of drug-likeness (QED) is 0.273. The lowest BCUT2D eigenvalue weighted by molar-refractivity contribution is 0.233. The minimum Gasteiger partial charge on any atom is -0.0891 e. The molecule has 1 aliphatic heterocycles. The Bertz CT molecular complexity index is 470. The van der Waals surface area contributed by atoms with Crippen molar-refractivity contribution in [2.75, 3.05) is 0 Å². The molecule has 2 aliphatic rings. The van der Waals surface area contributed by atoms with E-state index in [1.165, 1.54) is 57.8 Å². The summed E-state index contributed by atoms with van der Waals surface area (Å²) in [4.78, 5) is 0.809. The van der Waals surface area contributed by atoms with Crippen molar-refractivity contribution < 1.29 is 0 Å². The molecule has 24 heavy (non-hydrogen) atoms. The molecule has 0 aromatic heterocycles. The van der Waals surface area contributed by atoms with Gasteiger partial charge in [0.15, 0.2) is 0 Å². The molecule has 0 N–H and O–H groups in total. The Hall–Kier alpha value is -0.0831. The lowest BCUT2D eigenvalue weighted by Gasteiger charge is -2.43. The SMILES string of the molecule is CCCCC[Si@]1(c2ccccc2)CC[C@H](C2CCC(Br)CC2)CC1. The van der Waals surface area contributed by atoms with E-state index in [1.807, 2.05) is 0 Å². The van der Waals surface area contributed by atoms with Gasteiger partial charge in [-0.1, -0.05) is 109 Å². The summed E-state index contributed by atoms with van der Waals surface area (Å²) in [6, 6.07) is 16.4. The molecule has 0 atom stereocenters. The molecule has 2 fully saturated rings. The number of hydrogen-bond acceptors (Lipinski definition) is 0. The topological polar surface area (TPSA) is 0 Å². The minimum absolute atomic E-state index is 0.809. The van der Waals surface area contributed by atoms with E-state index in [9.17, 15) is 0 Å². The van der Waals surface area contributed by atoms with Crippen molar-refractivity contribution in [1.82, 2.24) is 0 Å². The number of hydrogen-bond donors (Lipinski definition) is 0. The highest BCUT2D eigenvalue weighted by Crippen LogP contribution is 2.44. The van der Waals surface area contributed by atoms with Crippen LogP contribution in [0.25, 0.3) is 0 Å². The minimum atomic E-state index is -1.22. The Morgan fingerprint density at radius 1 is 0.875 bits per heavy atom. The fourth-order valence-electron chi connectivity index (χ4n) is 5.40. The van der Waals surface area contributed by atoms with Crippen molar-refractivity contribution in [3.8, 4) is 0 Å². The summed E-state index contributed by atoms with van der Waals surface area (Å²) in [7, 11) is -1.22. The first-order valence-corrected chi connectivity index (χ1v) is 14.0. The van der Waals surface area contributed by atoms with E-state index in [-0.39, 0.29) is 0 Å². The van der Waals surface area contributed by atoms with Gasteiger partial charge in [-0.05, 0) is 37.5 Å². The Labute approximate surface area is 159 Å². The van der Waals surface area contributed by atoms with Crippen LogP contribution in [0.4, 0.5) is 0 Å². The van der Waals surface area contributed by atoms with Gasteiger partial charge in [0.05, 0.1) is 8.07 Å². The van der Waals surface area contributed by atoms with Crippen LogP contribution in [0.2, 0.25) is 18.1 Å². The van der Waals surface area contributed by atoms with Crippen LogP contribution in [0, 0.1) is 11.8 Å². The molecular weight excluding hydrogens is 372 g/mol. The highest BCUT2D eigenvalue weighted by atomic mass is 79.9. The van der Waals surface area contributed by atoms with Crippen molar-refractivity contribution in [1.29, 1.82) is 0 Å². The fourth-order valence-corrected chi connectivity index (χ4v) is 11.2. The third kappa shape index (κ3) is 4.55. The van der Waals surface area contributed by atoms with E-state index in [0.29, 0.717) is 0 Å². The predicted molar refractivity (Wildman–Crippen MR) is 113 cm³/mol. The van der Waals surface area contributed by atoms with Crippen LogP contribution in [-0.2, 0) is 0 Å². The van der Waals surface area contributed by atoms with Gasteiger partial charge < -0.3 is 0 Å². The number of unbranched alkanes of at least 4 members (excludes halogenated alkanes) is 2. The maximum atomic E-state index is 3.83. The van der Waals surface area contributed by atoms with E-state index >= 15 is 0 Å². The highest BCUT2D eigenvalue weighted by molar-refractivity contribution is 9.09. The van der Waals surface area contributed by atoms with Crippen LogP contribution in [0.5, 0.6) is 0 Å². The summed E-state index contributed by atoms with van der Waals surface area (Å²) < 4.78 is 0. The van der Waals surface area contributed by atoms with Gasteiger partial charge in [-0.3, -0.25) is 0 Å². The number of halogens is 1. The summed E-state index contributed by atoms with van der Waals surface area (Å²) in [6.07, 6.45) is 13.1. The normalized spacial score (nSPS) is 34.2. The van der Waals surface area contributed by atoms with Gasteiger partial charge in [-0.2, -0.15) is 0 Å². The third-order valence-corrected chi connectivity index (χ3v) is 13.3. The van der Waals surface area contributed by atoms with E-state index < -0.39 is 8.07 Å². The molecular formula is C22H35BrSi. The molecule has 1 saturated carbocycles. The average molecular weight is 408 g/mol. The molecule has 1 saturated heterocycles. The molecule has 2 heteroatoms. The highest BCUT2D eigenvalue weighted by Gasteiger charge is 2.40. The van der Waals surface area contributed by atoms with Crippen LogP contribution in [0.1, 0.15) is 64.7 Å². The fraction of sp³-hybridized carbons (Fsp3) is 0.727. The monoisotopic (exact) mass is 406 g/mol. The number of alkyl halides is 1. The van der Waals surface area contributed by atoms with Crippen molar-refractivity contribution in [3.63, 3.8) is 0 Å². The van der Waals surface area contributed by atoms with Crippen LogP contribution >= 0.6 is 15.9 Å². The van der Waals surface area contributed by atoms with Gasteiger partial charge in [0.1, 0.15) is 0 Å². The summed E-state index contributed by atoms with van der Waals surface area (Å²) in [5.41, 5.74) is 0. The first kappa shape index (κ1) is 18.7. The summed E-state index contributed by atoms with van der Waals surface area (Å²) >= 11 is 3.83. The molecule has 3 rings (SSSR count). The summed E-state index contributed by atoms with van der Waals surface area (Å²) in [5.74, 6) is 2.08. The maximum absolute atomic E-state index is 3.83. The van der Waals surface area contributed by atoms with Crippen LogP contribution in [0.15, 0.2) is 30.3 Å². The zero-order chi connectivity index (χ0) is 16.8. The second-order valence-electron chi connectivity index (χ2n) is 8.45. The van der Waals surface area contributed by atoms with E-state index in [0.717, 1.165) is 16.7 Å². The van der Waals surface area contributed by atoms with E-state index in [2.05, 4.69) is 53.2 Å². The largest absolute Gasteiger partial charge is 0.0891 e. The molecule has 134 valence electrons. The second-order valence-corrected chi connectivity index (χ2v) is 14.4. The summed E-state index contributed by atoms with van der Waals surface area (Å²) in [5, 5.41) is 1.77. The molecule has 1 aromatic rings. The van der Waals surface area contributed by atoms with Crippen molar-refractivity contribution in [2.45, 2.75) is 87.7 Å². The standard InChI is InChI=1S/C22H35BrSi/c1-2-3-7-16-24(22-8-5-4-6-9-22)17-14-20(15-18-24)19-10-12-21(23)13-11-19/h4-6,8-9,19-21H,2-3,7,10-18H2,1H3/t19?,20-,21?,24-. The number of benzene rings is 1. The van der Waals surface area contributed by atoms with Gasteiger partial charge in [0, 0.05) is 4.83 Å². The molecule has 0 nitrogen and oxygen atoms in total. The lowest BCUT2D eigenvalue weighted by atomic mass is 9.77.